The number of rotatable bonds is 3. The summed E-state index contributed by atoms with van der Waals surface area (Å²) in [6.07, 6.45) is 4.90. The van der Waals surface area contributed by atoms with Gasteiger partial charge in [0.2, 0.25) is 0 Å². The molecule has 2 atom stereocenters. The standard InChI is InChI=1S/C18H27N5O/c1-11(2)23-17-15(10-20-23)14(9-12(3)21-17)18(24)22-8-6-5-7-16(22)13(4)19/h9-11,13,16H,5-8,19H2,1-4H3. The molecule has 0 spiro atoms. The molecule has 1 saturated heterocycles. The highest BCUT2D eigenvalue weighted by Crippen LogP contribution is 2.26. The topological polar surface area (TPSA) is 77.0 Å². The number of aryl methyl sites for hydroxylation is 1. The molecular formula is C18H27N5O. The van der Waals surface area contributed by atoms with E-state index in [2.05, 4.69) is 23.9 Å². The van der Waals surface area contributed by atoms with Crippen molar-refractivity contribution < 1.29 is 4.79 Å². The average Bonchev–Trinajstić information content (AvgIpc) is 2.97. The summed E-state index contributed by atoms with van der Waals surface area (Å²) in [5, 5.41) is 5.26. The zero-order valence-corrected chi connectivity index (χ0v) is 15.0. The number of carbonyl (C=O) groups is 1. The van der Waals surface area contributed by atoms with Gasteiger partial charge in [-0.25, -0.2) is 9.67 Å². The average molecular weight is 329 g/mol. The van der Waals surface area contributed by atoms with Crippen LogP contribution in [0.25, 0.3) is 11.0 Å². The summed E-state index contributed by atoms with van der Waals surface area (Å²) < 4.78 is 1.87. The van der Waals surface area contributed by atoms with E-state index in [1.165, 1.54) is 0 Å². The summed E-state index contributed by atoms with van der Waals surface area (Å²) in [6, 6.07) is 2.16. The maximum atomic E-state index is 13.3. The molecule has 1 fully saturated rings. The lowest BCUT2D eigenvalue weighted by Crippen LogP contribution is -2.51. The van der Waals surface area contributed by atoms with Crippen molar-refractivity contribution in [2.75, 3.05) is 6.54 Å². The van der Waals surface area contributed by atoms with Gasteiger partial charge in [-0.3, -0.25) is 4.79 Å². The number of amides is 1. The van der Waals surface area contributed by atoms with E-state index < -0.39 is 0 Å². The van der Waals surface area contributed by atoms with Crippen molar-refractivity contribution >= 4 is 16.9 Å². The van der Waals surface area contributed by atoms with Gasteiger partial charge in [0.1, 0.15) is 0 Å². The quantitative estimate of drug-likeness (QED) is 0.939. The van der Waals surface area contributed by atoms with Gasteiger partial charge in [0.15, 0.2) is 5.65 Å². The lowest BCUT2D eigenvalue weighted by Gasteiger charge is -2.38. The number of hydrogen-bond donors (Lipinski definition) is 1. The molecule has 3 rings (SSSR count). The first-order chi connectivity index (χ1) is 11.4. The molecule has 2 aromatic rings. The maximum Gasteiger partial charge on any atom is 0.255 e. The van der Waals surface area contributed by atoms with Crippen LogP contribution in [-0.4, -0.2) is 44.2 Å². The highest BCUT2D eigenvalue weighted by molar-refractivity contribution is 6.05. The third kappa shape index (κ3) is 2.90. The Morgan fingerprint density at radius 3 is 2.75 bits per heavy atom. The van der Waals surface area contributed by atoms with Gasteiger partial charge >= 0.3 is 0 Å². The predicted molar refractivity (Wildman–Crippen MR) is 95.0 cm³/mol. The number of nitrogens with zero attached hydrogens (tertiary/aromatic N) is 4. The second kappa shape index (κ2) is 6.51. The minimum absolute atomic E-state index is 0.0222. The van der Waals surface area contributed by atoms with E-state index >= 15 is 0 Å². The first-order valence-corrected chi connectivity index (χ1v) is 8.81. The molecule has 24 heavy (non-hydrogen) atoms. The fraction of sp³-hybridized carbons (Fsp3) is 0.611. The molecule has 6 heteroatoms. The first kappa shape index (κ1) is 16.9. The summed E-state index contributed by atoms with van der Waals surface area (Å²) in [7, 11) is 0. The summed E-state index contributed by atoms with van der Waals surface area (Å²) in [4.78, 5) is 19.8. The van der Waals surface area contributed by atoms with Crippen molar-refractivity contribution in [2.24, 2.45) is 5.73 Å². The number of hydrogen-bond acceptors (Lipinski definition) is 4. The van der Waals surface area contributed by atoms with Crippen LogP contribution in [0, 0.1) is 6.92 Å². The highest BCUT2D eigenvalue weighted by atomic mass is 16.2. The normalized spacial score (nSPS) is 19.9. The Labute approximate surface area is 143 Å². The van der Waals surface area contributed by atoms with Gasteiger partial charge in [0, 0.05) is 30.4 Å². The van der Waals surface area contributed by atoms with Crippen molar-refractivity contribution in [3.8, 4) is 0 Å². The first-order valence-electron chi connectivity index (χ1n) is 8.81. The van der Waals surface area contributed by atoms with Crippen LogP contribution in [0.3, 0.4) is 0 Å². The van der Waals surface area contributed by atoms with Gasteiger partial charge in [0.05, 0.1) is 17.1 Å². The van der Waals surface area contributed by atoms with Crippen LogP contribution < -0.4 is 5.73 Å². The lowest BCUT2D eigenvalue weighted by molar-refractivity contribution is 0.0585. The molecule has 6 nitrogen and oxygen atoms in total. The zero-order valence-electron chi connectivity index (χ0n) is 15.0. The van der Waals surface area contributed by atoms with Crippen LogP contribution in [-0.2, 0) is 0 Å². The van der Waals surface area contributed by atoms with Gasteiger partial charge in [0.25, 0.3) is 5.91 Å². The van der Waals surface area contributed by atoms with Gasteiger partial charge in [-0.2, -0.15) is 5.10 Å². The Morgan fingerprint density at radius 1 is 1.33 bits per heavy atom. The molecule has 0 aliphatic carbocycles. The Morgan fingerprint density at radius 2 is 2.08 bits per heavy atom. The van der Waals surface area contributed by atoms with Crippen LogP contribution >= 0.6 is 0 Å². The van der Waals surface area contributed by atoms with E-state index in [1.807, 2.05) is 29.5 Å². The number of carbonyl (C=O) groups excluding carboxylic acids is 1. The van der Waals surface area contributed by atoms with Crippen LogP contribution in [0.5, 0.6) is 0 Å². The number of pyridine rings is 1. The molecule has 1 aliphatic rings. The molecule has 2 unspecified atom stereocenters. The fourth-order valence-electron chi connectivity index (χ4n) is 3.61. The molecule has 1 amide bonds. The largest absolute Gasteiger partial charge is 0.334 e. The Kier molecular flexibility index (Phi) is 4.58. The number of aromatic nitrogens is 3. The summed E-state index contributed by atoms with van der Waals surface area (Å²) in [5.74, 6) is 0.0517. The van der Waals surface area contributed by atoms with E-state index in [9.17, 15) is 4.79 Å². The molecule has 3 heterocycles. The van der Waals surface area contributed by atoms with Crippen molar-refractivity contribution in [3.63, 3.8) is 0 Å². The molecule has 2 N–H and O–H groups in total. The number of fused-ring (bicyclic) bond motifs is 1. The molecule has 2 aromatic heterocycles. The van der Waals surface area contributed by atoms with Crippen LogP contribution in [0.15, 0.2) is 12.3 Å². The number of nitrogens with two attached hydrogens (primary N) is 1. The predicted octanol–water partition coefficient (Wildman–Crippen LogP) is 2.66. The van der Waals surface area contributed by atoms with Crippen molar-refractivity contribution in [1.29, 1.82) is 0 Å². The monoisotopic (exact) mass is 329 g/mol. The molecule has 0 aromatic carbocycles. The minimum atomic E-state index is -0.0222. The highest BCUT2D eigenvalue weighted by Gasteiger charge is 2.31. The SMILES string of the molecule is Cc1cc(C(=O)N2CCCCC2C(C)N)c2cnn(C(C)C)c2n1. The molecule has 0 radical (unpaired) electrons. The van der Waals surface area contributed by atoms with E-state index in [1.54, 1.807) is 6.20 Å². The van der Waals surface area contributed by atoms with E-state index in [4.69, 9.17) is 5.73 Å². The van der Waals surface area contributed by atoms with Gasteiger partial charge in [-0.15, -0.1) is 0 Å². The van der Waals surface area contributed by atoms with Crippen LogP contribution in [0.2, 0.25) is 0 Å². The molecular weight excluding hydrogens is 302 g/mol. The van der Waals surface area contributed by atoms with E-state index in [0.717, 1.165) is 42.5 Å². The molecule has 0 saturated carbocycles. The fourth-order valence-corrected chi connectivity index (χ4v) is 3.61. The smallest absolute Gasteiger partial charge is 0.255 e. The van der Waals surface area contributed by atoms with Crippen LogP contribution in [0.1, 0.15) is 62.1 Å². The van der Waals surface area contributed by atoms with Gasteiger partial charge in [-0.05, 0) is 53.0 Å². The summed E-state index contributed by atoms with van der Waals surface area (Å²) >= 11 is 0. The number of piperidine rings is 1. The summed E-state index contributed by atoms with van der Waals surface area (Å²) in [5.41, 5.74) is 8.44. The molecule has 130 valence electrons. The Balaban J connectivity index is 2.06. The number of likely N-dealkylation sites (tertiary alicyclic amines) is 1. The van der Waals surface area contributed by atoms with Gasteiger partial charge in [-0.1, -0.05) is 0 Å². The Hall–Kier alpha value is -1.95. The van der Waals surface area contributed by atoms with Crippen molar-refractivity contribution in [2.45, 2.75) is 65.1 Å². The maximum absolute atomic E-state index is 13.3. The second-order valence-electron chi connectivity index (χ2n) is 7.15. The Bertz CT molecular complexity index is 749. The third-order valence-corrected chi connectivity index (χ3v) is 4.83. The van der Waals surface area contributed by atoms with E-state index in [0.29, 0.717) is 5.56 Å². The molecule has 0 bridgehead atoms. The summed E-state index contributed by atoms with van der Waals surface area (Å²) in [6.45, 7) is 8.81. The molecule has 1 aliphatic heterocycles. The second-order valence-corrected chi connectivity index (χ2v) is 7.15. The zero-order chi connectivity index (χ0) is 17.4. The van der Waals surface area contributed by atoms with E-state index in [-0.39, 0.29) is 24.0 Å². The van der Waals surface area contributed by atoms with Crippen molar-refractivity contribution in [3.05, 3.63) is 23.5 Å². The minimum Gasteiger partial charge on any atom is -0.334 e. The van der Waals surface area contributed by atoms with Gasteiger partial charge < -0.3 is 10.6 Å². The van der Waals surface area contributed by atoms with Crippen molar-refractivity contribution in [1.82, 2.24) is 19.7 Å². The van der Waals surface area contributed by atoms with Crippen LogP contribution in [0.4, 0.5) is 0 Å². The lowest BCUT2D eigenvalue weighted by atomic mass is 9.95. The third-order valence-electron chi connectivity index (χ3n) is 4.83.